The molecule has 9 heavy (non-hydrogen) atoms. The van der Waals surface area contributed by atoms with Gasteiger partial charge < -0.3 is 17.0 Å². The number of rotatable bonds is 4. The van der Waals surface area contributed by atoms with Crippen molar-refractivity contribution in [3.63, 3.8) is 0 Å². The molecule has 0 aliphatic heterocycles. The van der Waals surface area contributed by atoms with Gasteiger partial charge in [-0.25, -0.2) is 0 Å². The van der Waals surface area contributed by atoms with Gasteiger partial charge in [0.05, 0.1) is 0 Å². The van der Waals surface area contributed by atoms with E-state index >= 15 is 0 Å². The zero-order valence-corrected chi connectivity index (χ0v) is 8.76. The maximum absolute atomic E-state index is 3.76. The van der Waals surface area contributed by atoms with E-state index in [1.807, 2.05) is 0 Å². The fourth-order valence-electron chi connectivity index (χ4n) is 0.604. The van der Waals surface area contributed by atoms with Crippen molar-refractivity contribution in [2.45, 2.75) is 39.0 Å². The van der Waals surface area contributed by atoms with Crippen LogP contribution in [-0.4, -0.2) is 0 Å². The van der Waals surface area contributed by atoms with E-state index in [1.54, 1.807) is 0 Å². The summed E-state index contributed by atoms with van der Waals surface area (Å²) in [5, 5.41) is 0. The molecule has 2 radical (unpaired) electrons. The summed E-state index contributed by atoms with van der Waals surface area (Å²) in [6.45, 7) is 5.98. The summed E-state index contributed by atoms with van der Waals surface area (Å²) in [4.78, 5) is 0. The van der Waals surface area contributed by atoms with Crippen LogP contribution in [0.5, 0.6) is 0 Å². The molecule has 58 valence electrons. The molecule has 0 saturated carbocycles. The summed E-state index contributed by atoms with van der Waals surface area (Å²) in [5.74, 6) is 0. The fourth-order valence-corrected chi connectivity index (χ4v) is 0.604. The average molecular weight is 234 g/mol. The van der Waals surface area contributed by atoms with Gasteiger partial charge in [-0.2, -0.15) is 0 Å². The molecule has 0 N–H and O–H groups in total. The van der Waals surface area contributed by atoms with Crippen LogP contribution in [0.15, 0.2) is 0 Å². The molecule has 2 heteroatoms. The van der Waals surface area contributed by atoms with Crippen LogP contribution in [0.3, 0.4) is 0 Å². The second-order valence-electron chi connectivity index (χ2n) is 1.91. The Bertz CT molecular complexity index is 28.1. The molecule has 0 aliphatic rings. The minimum atomic E-state index is 0. The Hall–Kier alpha value is 0.999. The molecule has 0 rings (SSSR count). The second kappa shape index (κ2) is 16.0. The van der Waals surface area contributed by atoms with Crippen molar-refractivity contribution in [3.05, 3.63) is 6.92 Å². The van der Waals surface area contributed by atoms with Crippen molar-refractivity contribution in [1.82, 2.24) is 0 Å². The molecule has 0 nitrogen and oxygen atoms in total. The van der Waals surface area contributed by atoms with E-state index in [0.29, 0.717) is 0 Å². The summed E-state index contributed by atoms with van der Waals surface area (Å²) >= 11 is 0. The van der Waals surface area contributed by atoms with Crippen molar-refractivity contribution >= 4 is 0 Å². The van der Waals surface area contributed by atoms with Gasteiger partial charge in [0.1, 0.15) is 0 Å². The van der Waals surface area contributed by atoms with Gasteiger partial charge in [-0.3, -0.25) is 0 Å². The van der Waals surface area contributed by atoms with Crippen LogP contribution in [0.4, 0.5) is 0 Å². The average Bonchev–Trinajstić information content (AvgIpc) is 1.69. The molecule has 0 fully saturated rings. The molecule has 0 aliphatic carbocycles. The smallest absolute Gasteiger partial charge is 0 e. The largest absolute Gasteiger partial charge is 1.00 e. The Morgan fingerprint density at radius 3 is 2.00 bits per heavy atom. The molecule has 0 atom stereocenters. The van der Waals surface area contributed by atoms with Crippen molar-refractivity contribution in [2.75, 3.05) is 0 Å². The molecule has 0 aromatic rings. The second-order valence-corrected chi connectivity index (χ2v) is 1.91. The number of hydrogen-bond acceptors (Lipinski definition) is 0. The Morgan fingerprint density at radius 2 is 1.67 bits per heavy atom. The first kappa shape index (κ1) is 16.5. The number of halogens is 1. The summed E-state index contributed by atoms with van der Waals surface area (Å²) < 4.78 is 0. The fraction of sp³-hybridized carbons (Fsp3) is 0.857. The van der Waals surface area contributed by atoms with Crippen LogP contribution in [0.25, 0.3) is 0 Å². The van der Waals surface area contributed by atoms with E-state index in [-0.39, 0.29) is 34.1 Å². The molecule has 0 unspecified atom stereocenters. The normalized spacial score (nSPS) is 7.33. The molecule has 0 aromatic heterocycles. The molecule has 0 spiro atoms. The first-order chi connectivity index (χ1) is 3.41. The number of unbranched alkanes of at least 4 members (excludes halogenated alkanes) is 4. The van der Waals surface area contributed by atoms with E-state index < -0.39 is 0 Å². The molecule has 0 saturated heterocycles. The molecule has 0 aromatic carbocycles. The van der Waals surface area contributed by atoms with E-state index in [9.17, 15) is 0 Å². The zero-order chi connectivity index (χ0) is 5.54. The van der Waals surface area contributed by atoms with Crippen LogP contribution < -0.4 is 17.0 Å². The van der Waals surface area contributed by atoms with Crippen LogP contribution in [0.1, 0.15) is 39.0 Å². The maximum atomic E-state index is 3.76. The molecule has 0 heterocycles. The first-order valence-electron chi connectivity index (χ1n) is 3.21. The van der Waals surface area contributed by atoms with Gasteiger partial charge in [0.2, 0.25) is 0 Å². The van der Waals surface area contributed by atoms with Gasteiger partial charge in [0.25, 0.3) is 0 Å². The van der Waals surface area contributed by atoms with Gasteiger partial charge in [-0.1, -0.05) is 46.0 Å². The minimum Gasteiger partial charge on any atom is -1.00 e. The maximum Gasteiger partial charge on any atom is 0 e. The minimum absolute atomic E-state index is 0. The van der Waals surface area contributed by atoms with Crippen LogP contribution in [0.2, 0.25) is 0 Å². The number of hydrogen-bond donors (Lipinski definition) is 0. The molecular formula is C7H15BrMn-. The van der Waals surface area contributed by atoms with Gasteiger partial charge >= 0.3 is 0 Å². The van der Waals surface area contributed by atoms with Crippen molar-refractivity contribution in [1.29, 1.82) is 0 Å². The predicted molar refractivity (Wildman–Crippen MR) is 34.1 cm³/mol. The third kappa shape index (κ3) is 17.6. The summed E-state index contributed by atoms with van der Waals surface area (Å²) in [7, 11) is 0. The SMILES string of the molecule is [Br-].[CH2]CCCCCC.[Mn]. The van der Waals surface area contributed by atoms with Gasteiger partial charge in [0.15, 0.2) is 0 Å². The monoisotopic (exact) mass is 233 g/mol. The van der Waals surface area contributed by atoms with Crippen LogP contribution in [0, 0.1) is 6.92 Å². The van der Waals surface area contributed by atoms with Crippen LogP contribution >= 0.6 is 0 Å². The summed E-state index contributed by atoms with van der Waals surface area (Å²) in [6.07, 6.45) is 6.52. The van der Waals surface area contributed by atoms with Gasteiger partial charge in [0, 0.05) is 17.1 Å². The third-order valence-corrected chi connectivity index (χ3v) is 1.10. The molecular weight excluding hydrogens is 219 g/mol. The van der Waals surface area contributed by atoms with Crippen molar-refractivity contribution in [3.8, 4) is 0 Å². The standard InChI is InChI=1S/C7H15.BrH.Mn/c1-3-5-7-6-4-2;;/h1,3-7H2,2H3;1H;/p-1. The van der Waals surface area contributed by atoms with E-state index in [0.717, 1.165) is 6.42 Å². The Balaban J connectivity index is -0.000000180. The van der Waals surface area contributed by atoms with Gasteiger partial charge in [-0.15, -0.1) is 0 Å². The molecule has 0 amide bonds. The van der Waals surface area contributed by atoms with Crippen molar-refractivity contribution in [2.24, 2.45) is 0 Å². The van der Waals surface area contributed by atoms with Crippen molar-refractivity contribution < 1.29 is 34.1 Å². The third-order valence-electron chi connectivity index (χ3n) is 1.10. The Kier molecular flexibility index (Phi) is 29.4. The predicted octanol–water partition coefficient (Wildman–Crippen LogP) is -0.208. The molecule has 0 bridgehead atoms. The van der Waals surface area contributed by atoms with E-state index in [1.165, 1.54) is 25.7 Å². The Labute approximate surface area is 80.0 Å². The summed E-state index contributed by atoms with van der Waals surface area (Å²) in [5.41, 5.74) is 0. The van der Waals surface area contributed by atoms with Crippen LogP contribution in [-0.2, 0) is 17.1 Å². The van der Waals surface area contributed by atoms with E-state index in [4.69, 9.17) is 0 Å². The first-order valence-corrected chi connectivity index (χ1v) is 3.21. The zero-order valence-electron chi connectivity index (χ0n) is 6.00. The topological polar surface area (TPSA) is 0 Å². The Morgan fingerprint density at radius 1 is 1.11 bits per heavy atom. The summed E-state index contributed by atoms with van der Waals surface area (Å²) in [6, 6.07) is 0. The quantitative estimate of drug-likeness (QED) is 0.466. The van der Waals surface area contributed by atoms with E-state index in [2.05, 4.69) is 13.8 Å². The van der Waals surface area contributed by atoms with Gasteiger partial charge in [-0.05, 0) is 0 Å².